The fourth-order valence-electron chi connectivity index (χ4n) is 5.34. The van der Waals surface area contributed by atoms with E-state index in [2.05, 4.69) is 34.3 Å². The molecule has 0 aromatic rings. The molecule has 2 bridgehead atoms. The second kappa shape index (κ2) is 6.16. The lowest BCUT2D eigenvalue weighted by Crippen LogP contribution is -2.38. The Bertz CT molecular complexity index is 515. The van der Waals surface area contributed by atoms with Gasteiger partial charge in [0.25, 0.3) is 0 Å². The molecular formula is C21H34O3. The molecule has 3 aliphatic rings. The minimum Gasteiger partial charge on any atom is -0.456 e. The SMILES string of the molecule is C=C(COC1CC2CCC1(C)C2(C)C)C(=O)OC1(C)CCCCC1. The van der Waals surface area contributed by atoms with E-state index in [1.165, 1.54) is 19.3 Å². The molecule has 0 saturated heterocycles. The van der Waals surface area contributed by atoms with Crippen molar-refractivity contribution >= 4 is 5.97 Å². The van der Waals surface area contributed by atoms with Gasteiger partial charge in [-0.1, -0.05) is 33.8 Å². The number of hydrogen-bond donors (Lipinski definition) is 0. The Morgan fingerprint density at radius 2 is 1.75 bits per heavy atom. The molecule has 0 aliphatic heterocycles. The Morgan fingerprint density at radius 3 is 2.29 bits per heavy atom. The summed E-state index contributed by atoms with van der Waals surface area (Å²) in [5.74, 6) is 0.473. The highest BCUT2D eigenvalue weighted by atomic mass is 16.6. The zero-order chi connectivity index (χ0) is 17.6. The predicted octanol–water partition coefficient (Wildman–Crippen LogP) is 5.04. The Balaban J connectivity index is 1.52. The summed E-state index contributed by atoms with van der Waals surface area (Å²) in [5, 5.41) is 0. The van der Waals surface area contributed by atoms with Crippen molar-refractivity contribution in [2.24, 2.45) is 16.7 Å². The molecule has 0 aromatic carbocycles. The van der Waals surface area contributed by atoms with Crippen molar-refractivity contribution in [3.63, 3.8) is 0 Å². The van der Waals surface area contributed by atoms with Gasteiger partial charge in [0.15, 0.2) is 0 Å². The van der Waals surface area contributed by atoms with Gasteiger partial charge in [-0.15, -0.1) is 0 Å². The van der Waals surface area contributed by atoms with Gasteiger partial charge in [0.05, 0.1) is 18.3 Å². The van der Waals surface area contributed by atoms with Crippen molar-refractivity contribution in [1.29, 1.82) is 0 Å². The Morgan fingerprint density at radius 1 is 1.08 bits per heavy atom. The van der Waals surface area contributed by atoms with Crippen LogP contribution in [-0.2, 0) is 14.3 Å². The quantitative estimate of drug-likeness (QED) is 0.522. The molecule has 3 rings (SSSR count). The van der Waals surface area contributed by atoms with Crippen molar-refractivity contribution < 1.29 is 14.3 Å². The van der Waals surface area contributed by atoms with E-state index in [-0.39, 0.29) is 23.1 Å². The third-order valence-corrected chi connectivity index (χ3v) is 7.71. The fraction of sp³-hybridized carbons (Fsp3) is 0.857. The van der Waals surface area contributed by atoms with E-state index in [9.17, 15) is 4.79 Å². The summed E-state index contributed by atoms with van der Waals surface area (Å²) < 4.78 is 11.9. The summed E-state index contributed by atoms with van der Waals surface area (Å²) in [6.45, 7) is 13.4. The van der Waals surface area contributed by atoms with Gasteiger partial charge < -0.3 is 9.47 Å². The van der Waals surface area contributed by atoms with Crippen LogP contribution in [0, 0.1) is 16.7 Å². The van der Waals surface area contributed by atoms with Gasteiger partial charge in [-0.3, -0.25) is 0 Å². The summed E-state index contributed by atoms with van der Waals surface area (Å²) in [7, 11) is 0. The first kappa shape index (κ1) is 18.0. The normalized spacial score (nSPS) is 36.5. The molecule has 136 valence electrons. The zero-order valence-corrected chi connectivity index (χ0v) is 16.0. The lowest BCUT2D eigenvalue weighted by Gasteiger charge is -2.39. The summed E-state index contributed by atoms with van der Waals surface area (Å²) in [5.41, 5.74) is 0.705. The molecule has 0 heterocycles. The standard InChI is InChI=1S/C21H34O3/c1-15(18(22)24-20(4)10-7-6-8-11-20)14-23-17-13-16-9-12-21(17,5)19(16,2)3/h16-17H,1,6-14H2,2-5H3. The molecule has 0 amide bonds. The van der Waals surface area contributed by atoms with E-state index in [0.29, 0.717) is 17.6 Å². The van der Waals surface area contributed by atoms with Crippen LogP contribution in [0.5, 0.6) is 0 Å². The van der Waals surface area contributed by atoms with Crippen molar-refractivity contribution in [3.05, 3.63) is 12.2 Å². The summed E-state index contributed by atoms with van der Waals surface area (Å²) in [6, 6.07) is 0. The Kier molecular flexibility index (Phi) is 4.61. The number of ether oxygens (including phenoxy) is 2. The molecule has 24 heavy (non-hydrogen) atoms. The van der Waals surface area contributed by atoms with E-state index >= 15 is 0 Å². The van der Waals surface area contributed by atoms with Crippen LogP contribution < -0.4 is 0 Å². The molecule has 3 aliphatic carbocycles. The van der Waals surface area contributed by atoms with E-state index in [1.54, 1.807) is 0 Å². The molecule has 3 atom stereocenters. The molecule has 3 heteroatoms. The summed E-state index contributed by atoms with van der Waals surface area (Å²) >= 11 is 0. The molecular weight excluding hydrogens is 300 g/mol. The number of carbonyl (C=O) groups excluding carboxylic acids is 1. The van der Waals surface area contributed by atoms with Gasteiger partial charge in [-0.2, -0.15) is 0 Å². The average molecular weight is 335 g/mol. The molecule has 0 radical (unpaired) electrons. The van der Waals surface area contributed by atoms with Gasteiger partial charge >= 0.3 is 5.97 Å². The number of esters is 1. The average Bonchev–Trinajstić information content (AvgIpc) is 2.85. The van der Waals surface area contributed by atoms with Crippen LogP contribution in [0.1, 0.15) is 79.1 Å². The van der Waals surface area contributed by atoms with Crippen LogP contribution in [0.4, 0.5) is 0 Å². The van der Waals surface area contributed by atoms with Gasteiger partial charge in [-0.05, 0) is 68.6 Å². The molecule has 3 fully saturated rings. The van der Waals surface area contributed by atoms with E-state index in [0.717, 1.165) is 38.0 Å². The van der Waals surface area contributed by atoms with Gasteiger partial charge in [-0.25, -0.2) is 4.79 Å². The van der Waals surface area contributed by atoms with Crippen LogP contribution in [0.3, 0.4) is 0 Å². The largest absolute Gasteiger partial charge is 0.456 e. The number of fused-ring (bicyclic) bond motifs is 2. The minimum absolute atomic E-state index is 0.219. The van der Waals surface area contributed by atoms with Gasteiger partial charge in [0, 0.05) is 0 Å². The number of hydrogen-bond acceptors (Lipinski definition) is 3. The lowest BCUT2D eigenvalue weighted by molar-refractivity contribution is -0.157. The highest BCUT2D eigenvalue weighted by molar-refractivity contribution is 5.88. The second-order valence-electron chi connectivity index (χ2n) is 9.41. The highest BCUT2D eigenvalue weighted by Gasteiger charge is 2.61. The Hall–Kier alpha value is -0.830. The van der Waals surface area contributed by atoms with Crippen LogP contribution >= 0.6 is 0 Å². The molecule has 3 nitrogen and oxygen atoms in total. The first-order valence-electron chi connectivity index (χ1n) is 9.71. The highest BCUT2D eigenvalue weighted by Crippen LogP contribution is 2.66. The molecule has 0 aromatic heterocycles. The fourth-order valence-corrected chi connectivity index (χ4v) is 5.34. The maximum atomic E-state index is 12.4. The van der Waals surface area contributed by atoms with Crippen LogP contribution in [0.15, 0.2) is 12.2 Å². The third kappa shape index (κ3) is 2.94. The first-order valence-corrected chi connectivity index (χ1v) is 9.71. The van der Waals surface area contributed by atoms with Crippen LogP contribution in [0.25, 0.3) is 0 Å². The zero-order valence-electron chi connectivity index (χ0n) is 16.0. The monoisotopic (exact) mass is 334 g/mol. The predicted molar refractivity (Wildman–Crippen MR) is 95.7 cm³/mol. The van der Waals surface area contributed by atoms with E-state index in [1.807, 2.05) is 0 Å². The van der Waals surface area contributed by atoms with Gasteiger partial charge in [0.2, 0.25) is 0 Å². The van der Waals surface area contributed by atoms with Crippen molar-refractivity contribution in [2.45, 2.75) is 90.8 Å². The minimum atomic E-state index is -0.307. The number of rotatable bonds is 5. The van der Waals surface area contributed by atoms with Crippen LogP contribution in [-0.4, -0.2) is 24.3 Å². The maximum absolute atomic E-state index is 12.4. The summed E-state index contributed by atoms with van der Waals surface area (Å²) in [6.07, 6.45) is 9.34. The van der Waals surface area contributed by atoms with Crippen molar-refractivity contribution in [3.8, 4) is 0 Å². The molecule has 3 unspecified atom stereocenters. The Labute approximate surface area is 147 Å². The van der Waals surface area contributed by atoms with Crippen LogP contribution in [0.2, 0.25) is 0 Å². The second-order valence-corrected chi connectivity index (χ2v) is 9.41. The van der Waals surface area contributed by atoms with E-state index < -0.39 is 0 Å². The summed E-state index contributed by atoms with van der Waals surface area (Å²) in [4.78, 5) is 12.4. The molecule has 3 saturated carbocycles. The van der Waals surface area contributed by atoms with Crippen molar-refractivity contribution in [2.75, 3.05) is 6.61 Å². The first-order chi connectivity index (χ1) is 11.2. The van der Waals surface area contributed by atoms with Crippen molar-refractivity contribution in [1.82, 2.24) is 0 Å². The van der Waals surface area contributed by atoms with Gasteiger partial charge in [0.1, 0.15) is 5.60 Å². The maximum Gasteiger partial charge on any atom is 0.336 e. The topological polar surface area (TPSA) is 35.5 Å². The smallest absolute Gasteiger partial charge is 0.336 e. The number of carbonyl (C=O) groups is 1. The third-order valence-electron chi connectivity index (χ3n) is 7.71. The molecule has 0 N–H and O–H groups in total. The molecule has 0 spiro atoms. The lowest BCUT2D eigenvalue weighted by atomic mass is 9.70. The van der Waals surface area contributed by atoms with E-state index in [4.69, 9.17) is 9.47 Å².